The second-order valence-electron chi connectivity index (χ2n) is 5.11. The molecule has 0 unspecified atom stereocenters. The quantitative estimate of drug-likeness (QED) is 0.518. The lowest BCUT2D eigenvalue weighted by Gasteiger charge is -2.24. The largest absolute Gasteiger partial charge is 0.0883 e. The third kappa shape index (κ3) is 5.53. The topological polar surface area (TPSA) is 0 Å². The molecule has 0 saturated heterocycles. The SMILES string of the molecule is CCCC=CC1CCC(C=CCCC)CC1. The molecule has 0 bridgehead atoms. The highest BCUT2D eigenvalue weighted by Gasteiger charge is 2.16. The lowest BCUT2D eigenvalue weighted by molar-refractivity contribution is 0.355. The minimum absolute atomic E-state index is 0.877. The fourth-order valence-corrected chi connectivity index (χ4v) is 2.44. The van der Waals surface area contributed by atoms with Crippen molar-refractivity contribution < 1.29 is 0 Å². The van der Waals surface area contributed by atoms with E-state index in [9.17, 15) is 0 Å². The van der Waals surface area contributed by atoms with Crippen LogP contribution in [-0.4, -0.2) is 0 Å². The Morgan fingerprint density at radius 2 is 1.12 bits per heavy atom. The van der Waals surface area contributed by atoms with Gasteiger partial charge < -0.3 is 0 Å². The summed E-state index contributed by atoms with van der Waals surface area (Å²) in [6, 6.07) is 0. The van der Waals surface area contributed by atoms with Crippen molar-refractivity contribution in [2.45, 2.75) is 65.2 Å². The Morgan fingerprint density at radius 1 is 0.750 bits per heavy atom. The second-order valence-corrected chi connectivity index (χ2v) is 5.11. The Bertz CT molecular complexity index is 180. The van der Waals surface area contributed by atoms with Gasteiger partial charge in [0.15, 0.2) is 0 Å². The van der Waals surface area contributed by atoms with Crippen molar-refractivity contribution in [2.24, 2.45) is 11.8 Å². The van der Waals surface area contributed by atoms with E-state index >= 15 is 0 Å². The smallest absolute Gasteiger partial charge is 0.0233 e. The first kappa shape index (κ1) is 13.5. The predicted octanol–water partition coefficient (Wildman–Crippen LogP) is 5.51. The highest BCUT2D eigenvalue weighted by molar-refractivity contribution is 4.95. The number of hydrogen-bond donors (Lipinski definition) is 0. The van der Waals surface area contributed by atoms with E-state index in [2.05, 4.69) is 38.2 Å². The van der Waals surface area contributed by atoms with Gasteiger partial charge in [-0.15, -0.1) is 0 Å². The van der Waals surface area contributed by atoms with Crippen LogP contribution in [0.4, 0.5) is 0 Å². The van der Waals surface area contributed by atoms with Gasteiger partial charge >= 0.3 is 0 Å². The van der Waals surface area contributed by atoms with E-state index in [0.29, 0.717) is 0 Å². The number of rotatable bonds is 6. The molecule has 0 aromatic rings. The Balaban J connectivity index is 2.18. The molecule has 0 spiro atoms. The molecular weight excluding hydrogens is 192 g/mol. The van der Waals surface area contributed by atoms with E-state index < -0.39 is 0 Å². The summed E-state index contributed by atoms with van der Waals surface area (Å²) in [6.45, 7) is 4.50. The fourth-order valence-electron chi connectivity index (χ4n) is 2.44. The summed E-state index contributed by atoms with van der Waals surface area (Å²) in [6.07, 6.45) is 20.4. The molecule has 1 saturated carbocycles. The van der Waals surface area contributed by atoms with Crippen LogP contribution in [0.25, 0.3) is 0 Å². The van der Waals surface area contributed by atoms with Crippen LogP contribution in [0.15, 0.2) is 24.3 Å². The zero-order chi connectivity index (χ0) is 11.6. The zero-order valence-corrected chi connectivity index (χ0v) is 11.1. The van der Waals surface area contributed by atoms with Crippen LogP contribution in [-0.2, 0) is 0 Å². The molecule has 1 aliphatic carbocycles. The standard InChI is InChI=1S/C16H28/c1-3-5-7-9-15-11-13-16(14-12-15)10-8-6-4-2/h7-10,15-16H,3-6,11-14H2,1-2H3. The van der Waals surface area contributed by atoms with Crippen LogP contribution in [0.3, 0.4) is 0 Å². The van der Waals surface area contributed by atoms with E-state index in [1.165, 1.54) is 51.4 Å². The Labute approximate surface area is 102 Å². The monoisotopic (exact) mass is 220 g/mol. The molecule has 1 aliphatic rings. The van der Waals surface area contributed by atoms with Crippen LogP contribution in [0, 0.1) is 11.8 Å². The molecule has 16 heavy (non-hydrogen) atoms. The first-order valence-corrected chi connectivity index (χ1v) is 7.20. The summed E-state index contributed by atoms with van der Waals surface area (Å²) in [7, 11) is 0. The molecule has 0 heteroatoms. The van der Waals surface area contributed by atoms with Crippen molar-refractivity contribution in [3.8, 4) is 0 Å². The predicted molar refractivity (Wildman–Crippen MR) is 73.5 cm³/mol. The average molecular weight is 220 g/mol. The van der Waals surface area contributed by atoms with E-state index in [0.717, 1.165) is 11.8 Å². The molecule has 0 amide bonds. The Morgan fingerprint density at radius 3 is 1.44 bits per heavy atom. The third-order valence-electron chi connectivity index (χ3n) is 3.54. The van der Waals surface area contributed by atoms with Gasteiger partial charge in [0.2, 0.25) is 0 Å². The maximum atomic E-state index is 2.47. The summed E-state index contributed by atoms with van der Waals surface area (Å²) in [4.78, 5) is 0. The van der Waals surface area contributed by atoms with Gasteiger partial charge in [0.1, 0.15) is 0 Å². The maximum Gasteiger partial charge on any atom is -0.0233 e. The maximum absolute atomic E-state index is 2.47. The van der Waals surface area contributed by atoms with Crippen LogP contribution >= 0.6 is 0 Å². The lowest BCUT2D eigenvalue weighted by Crippen LogP contribution is -2.11. The van der Waals surface area contributed by atoms with E-state index in [1.807, 2.05) is 0 Å². The van der Waals surface area contributed by atoms with E-state index in [1.54, 1.807) is 0 Å². The molecule has 92 valence electrons. The number of unbranched alkanes of at least 4 members (excludes halogenated alkanes) is 2. The molecule has 0 radical (unpaired) electrons. The van der Waals surface area contributed by atoms with Gasteiger partial charge in [0.05, 0.1) is 0 Å². The summed E-state index contributed by atoms with van der Waals surface area (Å²) < 4.78 is 0. The molecular formula is C16H28. The minimum Gasteiger partial charge on any atom is -0.0883 e. The zero-order valence-electron chi connectivity index (χ0n) is 11.1. The molecule has 1 fully saturated rings. The Hall–Kier alpha value is -0.520. The molecule has 0 aromatic heterocycles. The number of allylic oxidation sites excluding steroid dienone is 4. The fraction of sp³-hybridized carbons (Fsp3) is 0.750. The normalized spacial score (nSPS) is 26.9. The highest BCUT2D eigenvalue weighted by atomic mass is 14.2. The van der Waals surface area contributed by atoms with E-state index in [-0.39, 0.29) is 0 Å². The minimum atomic E-state index is 0.877. The lowest BCUT2D eigenvalue weighted by atomic mass is 9.81. The van der Waals surface area contributed by atoms with Gasteiger partial charge in [0, 0.05) is 0 Å². The Kier molecular flexibility index (Phi) is 7.29. The first-order valence-electron chi connectivity index (χ1n) is 7.20. The molecule has 0 aliphatic heterocycles. The molecule has 1 rings (SSSR count). The van der Waals surface area contributed by atoms with E-state index in [4.69, 9.17) is 0 Å². The van der Waals surface area contributed by atoms with Gasteiger partial charge in [-0.05, 0) is 50.4 Å². The average Bonchev–Trinajstić information content (AvgIpc) is 2.32. The van der Waals surface area contributed by atoms with Crippen molar-refractivity contribution in [3.63, 3.8) is 0 Å². The van der Waals surface area contributed by atoms with Gasteiger partial charge in [-0.2, -0.15) is 0 Å². The summed E-state index contributed by atoms with van der Waals surface area (Å²) in [5.74, 6) is 1.75. The van der Waals surface area contributed by atoms with Crippen LogP contribution in [0.2, 0.25) is 0 Å². The second kappa shape index (κ2) is 8.61. The van der Waals surface area contributed by atoms with Gasteiger partial charge in [0.25, 0.3) is 0 Å². The van der Waals surface area contributed by atoms with Crippen LogP contribution in [0.1, 0.15) is 65.2 Å². The molecule has 0 heterocycles. The molecule has 0 N–H and O–H groups in total. The van der Waals surface area contributed by atoms with Gasteiger partial charge in [-0.3, -0.25) is 0 Å². The van der Waals surface area contributed by atoms with Crippen molar-refractivity contribution in [1.82, 2.24) is 0 Å². The summed E-state index contributed by atoms with van der Waals surface area (Å²) in [5, 5.41) is 0. The summed E-state index contributed by atoms with van der Waals surface area (Å²) in [5.41, 5.74) is 0. The summed E-state index contributed by atoms with van der Waals surface area (Å²) >= 11 is 0. The first-order chi connectivity index (χ1) is 7.86. The van der Waals surface area contributed by atoms with Crippen LogP contribution in [0.5, 0.6) is 0 Å². The van der Waals surface area contributed by atoms with Crippen LogP contribution < -0.4 is 0 Å². The van der Waals surface area contributed by atoms with Crippen molar-refractivity contribution >= 4 is 0 Å². The molecule has 0 aromatic carbocycles. The third-order valence-corrected chi connectivity index (χ3v) is 3.54. The van der Waals surface area contributed by atoms with Gasteiger partial charge in [-0.1, -0.05) is 51.0 Å². The highest BCUT2D eigenvalue weighted by Crippen LogP contribution is 2.30. The molecule has 0 atom stereocenters. The van der Waals surface area contributed by atoms with Crippen molar-refractivity contribution in [2.75, 3.05) is 0 Å². The number of hydrogen-bond acceptors (Lipinski definition) is 0. The van der Waals surface area contributed by atoms with Crippen molar-refractivity contribution in [1.29, 1.82) is 0 Å². The molecule has 0 nitrogen and oxygen atoms in total. The van der Waals surface area contributed by atoms with Gasteiger partial charge in [-0.25, -0.2) is 0 Å². The van der Waals surface area contributed by atoms with Crippen molar-refractivity contribution in [3.05, 3.63) is 24.3 Å².